The molecule has 0 atom stereocenters. The average Bonchev–Trinajstić information content (AvgIpc) is 3.52. The van der Waals surface area contributed by atoms with Crippen LogP contribution in [0.25, 0.3) is 38.1 Å². The highest BCUT2D eigenvalue weighted by Crippen LogP contribution is 2.34. The van der Waals surface area contributed by atoms with Gasteiger partial charge in [-0.3, -0.25) is 4.79 Å². The molecular weight excluding hydrogens is 426 g/mol. The van der Waals surface area contributed by atoms with Gasteiger partial charge in [-0.1, -0.05) is 36.4 Å². The minimum absolute atomic E-state index is 0.111. The summed E-state index contributed by atoms with van der Waals surface area (Å²) in [5.74, 6) is -0.890. The number of rotatable bonds is 6. The highest BCUT2D eigenvalue weighted by atomic mass is 32.1. The Morgan fingerprint density at radius 1 is 1.03 bits per heavy atom. The summed E-state index contributed by atoms with van der Waals surface area (Å²) in [7, 11) is 0. The first-order valence-electron chi connectivity index (χ1n) is 9.64. The minimum atomic E-state index is -0.890. The van der Waals surface area contributed by atoms with E-state index >= 15 is 0 Å². The molecule has 0 amide bonds. The number of aromatic nitrogens is 3. The molecule has 3 aromatic heterocycles. The maximum absolute atomic E-state index is 11.6. The summed E-state index contributed by atoms with van der Waals surface area (Å²) >= 11 is 3.11. The molecule has 0 aliphatic rings. The third kappa shape index (κ3) is 4.05. The van der Waals surface area contributed by atoms with Crippen LogP contribution in [0.1, 0.15) is 17.0 Å². The summed E-state index contributed by atoms with van der Waals surface area (Å²) < 4.78 is 2.87. The van der Waals surface area contributed by atoms with Crippen molar-refractivity contribution in [3.05, 3.63) is 88.9 Å². The van der Waals surface area contributed by atoms with Crippen molar-refractivity contribution in [2.24, 2.45) is 0 Å². The molecule has 5 rings (SSSR count). The fourth-order valence-electron chi connectivity index (χ4n) is 3.36. The summed E-state index contributed by atoms with van der Waals surface area (Å²) in [4.78, 5) is 17.4. The molecule has 7 heteroatoms. The van der Waals surface area contributed by atoms with Crippen LogP contribution >= 0.6 is 22.7 Å². The molecular formula is C24H17N3O2S2. The largest absolute Gasteiger partial charge is 0.481 e. The Morgan fingerprint density at radius 2 is 1.84 bits per heavy atom. The monoisotopic (exact) mass is 443 g/mol. The van der Waals surface area contributed by atoms with Crippen molar-refractivity contribution in [3.63, 3.8) is 0 Å². The molecule has 0 radical (unpaired) electrons. The first-order valence-corrected chi connectivity index (χ1v) is 11.3. The third-order valence-electron chi connectivity index (χ3n) is 4.76. The average molecular weight is 444 g/mol. The van der Waals surface area contributed by atoms with E-state index < -0.39 is 5.97 Å². The Labute approximate surface area is 186 Å². The van der Waals surface area contributed by atoms with Gasteiger partial charge in [0.2, 0.25) is 0 Å². The quantitative estimate of drug-likeness (QED) is 0.338. The number of hydrogen-bond donors (Lipinski definition) is 1. The molecule has 0 saturated carbocycles. The fraction of sp³-hybridized carbons (Fsp3) is 0.0417. The van der Waals surface area contributed by atoms with E-state index in [0.717, 1.165) is 32.0 Å². The molecule has 0 aliphatic carbocycles. The third-order valence-corrected chi connectivity index (χ3v) is 6.75. The second-order valence-electron chi connectivity index (χ2n) is 6.92. The van der Waals surface area contributed by atoms with E-state index in [-0.39, 0.29) is 6.42 Å². The molecule has 0 saturated heterocycles. The summed E-state index contributed by atoms with van der Waals surface area (Å²) in [6.45, 7) is 0. The molecule has 5 nitrogen and oxygen atoms in total. The summed E-state index contributed by atoms with van der Waals surface area (Å²) in [6, 6.07) is 21.7. The lowest BCUT2D eigenvalue weighted by Gasteiger charge is -2.01. The van der Waals surface area contributed by atoms with Crippen LogP contribution in [0.5, 0.6) is 0 Å². The molecule has 0 bridgehead atoms. The van der Waals surface area contributed by atoms with Crippen LogP contribution in [0.2, 0.25) is 0 Å². The lowest BCUT2D eigenvalue weighted by Crippen LogP contribution is -1.97. The second kappa shape index (κ2) is 8.29. The van der Waals surface area contributed by atoms with Crippen LogP contribution in [0.15, 0.2) is 78.3 Å². The van der Waals surface area contributed by atoms with Gasteiger partial charge in [0, 0.05) is 11.8 Å². The number of nitrogens with zero attached hydrogens (tertiary/aromatic N) is 3. The van der Waals surface area contributed by atoms with Gasteiger partial charge in [0.15, 0.2) is 0 Å². The van der Waals surface area contributed by atoms with Gasteiger partial charge < -0.3 is 5.11 Å². The zero-order valence-electron chi connectivity index (χ0n) is 16.3. The standard InChI is InChI=1S/C24H17N3O2S2/c28-22(29)14-16(24-25-19-9-4-5-10-20(19)31-24)13-17-15-27(18-7-2-1-3-8-18)26-23(17)21-11-6-12-30-21/h1-13,15H,14H2,(H,28,29)/b16-13+. The molecule has 0 aliphatic heterocycles. The molecule has 0 fully saturated rings. The Morgan fingerprint density at radius 3 is 2.58 bits per heavy atom. The van der Waals surface area contributed by atoms with Gasteiger partial charge in [0.25, 0.3) is 0 Å². The molecule has 0 spiro atoms. The van der Waals surface area contributed by atoms with Crippen LogP contribution in [-0.2, 0) is 4.79 Å². The number of thiophene rings is 1. The van der Waals surface area contributed by atoms with Crippen molar-refractivity contribution in [3.8, 4) is 16.3 Å². The number of hydrogen-bond acceptors (Lipinski definition) is 5. The molecule has 1 N–H and O–H groups in total. The topological polar surface area (TPSA) is 68.0 Å². The van der Waals surface area contributed by atoms with Crippen LogP contribution in [0.4, 0.5) is 0 Å². The Hall–Kier alpha value is -3.55. The first kappa shape index (κ1) is 19.4. The van der Waals surface area contributed by atoms with E-state index in [1.807, 2.05) is 89.1 Å². The Balaban J connectivity index is 1.66. The van der Waals surface area contributed by atoms with Crippen LogP contribution in [0.3, 0.4) is 0 Å². The molecule has 31 heavy (non-hydrogen) atoms. The van der Waals surface area contributed by atoms with Crippen molar-refractivity contribution in [2.75, 3.05) is 0 Å². The van der Waals surface area contributed by atoms with E-state index in [4.69, 9.17) is 5.10 Å². The van der Waals surface area contributed by atoms with Gasteiger partial charge >= 0.3 is 5.97 Å². The van der Waals surface area contributed by atoms with Crippen molar-refractivity contribution in [1.29, 1.82) is 0 Å². The van der Waals surface area contributed by atoms with Gasteiger partial charge in [0.1, 0.15) is 10.7 Å². The van der Waals surface area contributed by atoms with Crippen molar-refractivity contribution in [2.45, 2.75) is 6.42 Å². The number of fused-ring (bicyclic) bond motifs is 1. The zero-order chi connectivity index (χ0) is 21.2. The smallest absolute Gasteiger partial charge is 0.307 e. The number of thiazole rings is 1. The molecule has 3 heterocycles. The number of carboxylic acid groups (broad SMARTS) is 1. The lowest BCUT2D eigenvalue weighted by atomic mass is 10.1. The predicted molar refractivity (Wildman–Crippen MR) is 127 cm³/mol. The Kier molecular flexibility index (Phi) is 5.19. The summed E-state index contributed by atoms with van der Waals surface area (Å²) in [6.07, 6.45) is 3.74. The van der Waals surface area contributed by atoms with Crippen LogP contribution < -0.4 is 0 Å². The number of carbonyl (C=O) groups is 1. The highest BCUT2D eigenvalue weighted by molar-refractivity contribution is 7.19. The maximum Gasteiger partial charge on any atom is 0.307 e. The van der Waals surface area contributed by atoms with E-state index in [0.29, 0.717) is 10.6 Å². The summed E-state index contributed by atoms with van der Waals surface area (Å²) in [5, 5.41) is 17.1. The van der Waals surface area contributed by atoms with Crippen LogP contribution in [0, 0.1) is 0 Å². The number of aliphatic carboxylic acids is 1. The fourth-order valence-corrected chi connectivity index (χ4v) is 5.07. The van der Waals surface area contributed by atoms with Crippen LogP contribution in [-0.4, -0.2) is 25.8 Å². The van der Waals surface area contributed by atoms with Gasteiger partial charge in [-0.05, 0) is 47.4 Å². The van der Waals surface area contributed by atoms with Gasteiger partial charge in [-0.25, -0.2) is 9.67 Å². The minimum Gasteiger partial charge on any atom is -0.481 e. The lowest BCUT2D eigenvalue weighted by molar-refractivity contribution is -0.135. The summed E-state index contributed by atoms with van der Waals surface area (Å²) in [5.41, 5.74) is 4.17. The molecule has 5 aromatic rings. The number of benzene rings is 2. The second-order valence-corrected chi connectivity index (χ2v) is 8.90. The van der Waals surface area contributed by atoms with Crippen molar-refractivity contribution < 1.29 is 9.90 Å². The van der Waals surface area contributed by atoms with E-state index in [1.165, 1.54) is 11.3 Å². The Bertz CT molecular complexity index is 1350. The molecule has 152 valence electrons. The normalized spacial score (nSPS) is 11.8. The zero-order valence-corrected chi connectivity index (χ0v) is 17.9. The van der Waals surface area contributed by atoms with Gasteiger partial charge in [-0.2, -0.15) is 5.10 Å². The van der Waals surface area contributed by atoms with E-state index in [1.54, 1.807) is 11.3 Å². The van der Waals surface area contributed by atoms with Gasteiger partial charge in [-0.15, -0.1) is 22.7 Å². The van der Waals surface area contributed by atoms with E-state index in [9.17, 15) is 9.90 Å². The molecule has 0 unspecified atom stereocenters. The van der Waals surface area contributed by atoms with Gasteiger partial charge in [0.05, 0.1) is 27.2 Å². The van der Waals surface area contributed by atoms with Crippen molar-refractivity contribution in [1.82, 2.24) is 14.8 Å². The maximum atomic E-state index is 11.6. The predicted octanol–water partition coefficient (Wildman–Crippen LogP) is 6.23. The SMILES string of the molecule is O=C(O)C/C(=C\c1cn(-c2ccccc2)nc1-c1cccs1)c1nc2ccccc2s1. The van der Waals surface area contributed by atoms with E-state index in [2.05, 4.69) is 4.98 Å². The number of carboxylic acids is 1. The first-order chi connectivity index (χ1) is 15.2. The highest BCUT2D eigenvalue weighted by Gasteiger charge is 2.17. The number of para-hydroxylation sites is 2. The van der Waals surface area contributed by atoms with Crippen molar-refractivity contribution >= 4 is 50.5 Å². The molecule has 2 aromatic carbocycles.